The van der Waals surface area contributed by atoms with E-state index in [9.17, 15) is 0 Å². The van der Waals surface area contributed by atoms with Gasteiger partial charge in [0.15, 0.2) is 16.5 Å². The minimum Gasteiger partial charge on any atom is -0.236 e. The Morgan fingerprint density at radius 2 is 2.25 bits per heavy atom. The molecule has 0 N–H and O–H groups in total. The first-order chi connectivity index (χ1) is 9.86. The molecule has 0 aliphatic carbocycles. The molecule has 0 aliphatic rings. The molecule has 0 bridgehead atoms. The van der Waals surface area contributed by atoms with Crippen molar-refractivity contribution in [3.8, 4) is 10.6 Å². The number of fused-ring (bicyclic) bond motifs is 2. The van der Waals surface area contributed by atoms with Gasteiger partial charge in [0, 0.05) is 18.8 Å². The van der Waals surface area contributed by atoms with E-state index in [2.05, 4.69) is 32.3 Å². The molecule has 0 aromatic carbocycles. The molecule has 0 saturated carbocycles. The smallest absolute Gasteiger partial charge is 0.234 e. The number of hydrogen-bond donors (Lipinski definition) is 0. The molecule has 0 spiro atoms. The van der Waals surface area contributed by atoms with E-state index >= 15 is 0 Å². The van der Waals surface area contributed by atoms with Crippen molar-refractivity contribution in [1.29, 1.82) is 0 Å². The summed E-state index contributed by atoms with van der Waals surface area (Å²) in [6, 6.07) is 1.85. The van der Waals surface area contributed by atoms with Crippen molar-refractivity contribution < 1.29 is 0 Å². The van der Waals surface area contributed by atoms with E-state index in [0.29, 0.717) is 0 Å². The van der Waals surface area contributed by atoms with E-state index in [-0.39, 0.29) is 0 Å². The van der Waals surface area contributed by atoms with Crippen LogP contribution in [0.2, 0.25) is 0 Å². The predicted molar refractivity (Wildman–Crippen MR) is 74.6 cm³/mol. The molecule has 100 valence electrons. The SMILES string of the molecule is CCCc1nnc2sc(-c3cnn4cccnc34)nn12. The maximum atomic E-state index is 4.60. The van der Waals surface area contributed by atoms with Crippen LogP contribution in [0.4, 0.5) is 0 Å². The van der Waals surface area contributed by atoms with Crippen LogP contribution in [-0.2, 0) is 6.42 Å². The van der Waals surface area contributed by atoms with Crippen molar-refractivity contribution in [2.24, 2.45) is 0 Å². The Bertz CT molecular complexity index is 888. The van der Waals surface area contributed by atoms with Crippen molar-refractivity contribution in [2.75, 3.05) is 0 Å². The van der Waals surface area contributed by atoms with Crippen molar-refractivity contribution in [3.05, 3.63) is 30.5 Å². The maximum absolute atomic E-state index is 4.60. The van der Waals surface area contributed by atoms with Gasteiger partial charge in [0.2, 0.25) is 4.96 Å². The number of aryl methyl sites for hydroxylation is 1. The van der Waals surface area contributed by atoms with Gasteiger partial charge in [-0.05, 0) is 12.5 Å². The fraction of sp³-hybridized carbons (Fsp3) is 0.250. The molecule has 0 saturated heterocycles. The minimum atomic E-state index is 0.800. The van der Waals surface area contributed by atoms with Crippen molar-refractivity contribution in [2.45, 2.75) is 19.8 Å². The first-order valence-electron chi connectivity index (χ1n) is 6.36. The zero-order valence-electron chi connectivity index (χ0n) is 10.8. The van der Waals surface area contributed by atoms with Gasteiger partial charge < -0.3 is 0 Å². The summed E-state index contributed by atoms with van der Waals surface area (Å²) in [5, 5.41) is 18.1. The third kappa shape index (κ3) is 1.61. The molecular formula is C12H11N7S. The van der Waals surface area contributed by atoms with Crippen LogP contribution in [0.5, 0.6) is 0 Å². The molecule has 0 aliphatic heterocycles. The van der Waals surface area contributed by atoms with Crippen LogP contribution in [0.15, 0.2) is 24.7 Å². The van der Waals surface area contributed by atoms with Crippen LogP contribution < -0.4 is 0 Å². The molecule has 4 heterocycles. The Balaban J connectivity index is 1.89. The number of aromatic nitrogens is 7. The molecule has 0 radical (unpaired) electrons. The van der Waals surface area contributed by atoms with Gasteiger partial charge in [-0.25, -0.2) is 9.50 Å². The van der Waals surface area contributed by atoms with E-state index in [1.54, 1.807) is 16.9 Å². The molecule has 4 aromatic rings. The van der Waals surface area contributed by atoms with Crippen molar-refractivity contribution in [3.63, 3.8) is 0 Å². The summed E-state index contributed by atoms with van der Waals surface area (Å²) in [5.74, 6) is 0.898. The van der Waals surface area contributed by atoms with E-state index in [0.717, 1.165) is 39.8 Å². The van der Waals surface area contributed by atoms with E-state index < -0.39 is 0 Å². The Hall–Kier alpha value is -2.35. The molecule has 0 unspecified atom stereocenters. The lowest BCUT2D eigenvalue weighted by Gasteiger charge is -1.93. The molecule has 4 rings (SSSR count). The van der Waals surface area contributed by atoms with E-state index in [1.165, 1.54) is 11.3 Å². The topological polar surface area (TPSA) is 73.3 Å². The number of nitrogens with zero attached hydrogens (tertiary/aromatic N) is 7. The highest BCUT2D eigenvalue weighted by Gasteiger charge is 2.16. The summed E-state index contributed by atoms with van der Waals surface area (Å²) >= 11 is 1.50. The Labute approximate surface area is 117 Å². The van der Waals surface area contributed by atoms with Crippen LogP contribution in [0.25, 0.3) is 21.2 Å². The highest BCUT2D eigenvalue weighted by molar-refractivity contribution is 7.19. The normalized spacial score (nSPS) is 11.7. The lowest BCUT2D eigenvalue weighted by Crippen LogP contribution is -1.95. The van der Waals surface area contributed by atoms with Gasteiger partial charge in [0.25, 0.3) is 0 Å². The molecular weight excluding hydrogens is 274 g/mol. The lowest BCUT2D eigenvalue weighted by molar-refractivity contribution is 0.778. The monoisotopic (exact) mass is 285 g/mol. The Morgan fingerprint density at radius 1 is 1.30 bits per heavy atom. The summed E-state index contributed by atoms with van der Waals surface area (Å²) in [4.78, 5) is 5.16. The van der Waals surface area contributed by atoms with Crippen molar-refractivity contribution in [1.82, 2.24) is 34.4 Å². The summed E-state index contributed by atoms with van der Waals surface area (Å²) in [6.45, 7) is 2.11. The van der Waals surface area contributed by atoms with Crippen LogP contribution in [0.1, 0.15) is 19.2 Å². The second-order valence-corrected chi connectivity index (χ2v) is 5.37. The first-order valence-corrected chi connectivity index (χ1v) is 7.18. The van der Waals surface area contributed by atoms with Gasteiger partial charge in [-0.2, -0.15) is 14.7 Å². The van der Waals surface area contributed by atoms with Gasteiger partial charge in [0.1, 0.15) is 0 Å². The summed E-state index contributed by atoms with van der Waals surface area (Å²) in [5.41, 5.74) is 1.72. The first kappa shape index (κ1) is 11.5. The molecule has 7 nitrogen and oxygen atoms in total. The van der Waals surface area contributed by atoms with Gasteiger partial charge in [-0.3, -0.25) is 0 Å². The van der Waals surface area contributed by atoms with Gasteiger partial charge >= 0.3 is 0 Å². The number of hydrogen-bond acceptors (Lipinski definition) is 6. The summed E-state index contributed by atoms with van der Waals surface area (Å²) < 4.78 is 3.56. The van der Waals surface area contributed by atoms with Gasteiger partial charge in [0.05, 0.1) is 11.8 Å². The maximum Gasteiger partial charge on any atom is 0.234 e. The second-order valence-electron chi connectivity index (χ2n) is 4.41. The molecule has 4 aromatic heterocycles. The average molecular weight is 285 g/mol. The number of rotatable bonds is 3. The quantitative estimate of drug-likeness (QED) is 0.574. The fourth-order valence-corrected chi connectivity index (χ4v) is 2.99. The zero-order chi connectivity index (χ0) is 13.5. The third-order valence-electron chi connectivity index (χ3n) is 3.04. The fourth-order valence-electron chi connectivity index (χ4n) is 2.12. The highest BCUT2D eigenvalue weighted by atomic mass is 32.1. The largest absolute Gasteiger partial charge is 0.236 e. The molecule has 8 heteroatoms. The van der Waals surface area contributed by atoms with E-state index in [4.69, 9.17) is 0 Å². The summed E-state index contributed by atoms with van der Waals surface area (Å²) in [6.07, 6.45) is 7.30. The summed E-state index contributed by atoms with van der Waals surface area (Å²) in [7, 11) is 0. The molecule has 20 heavy (non-hydrogen) atoms. The van der Waals surface area contributed by atoms with E-state index in [1.807, 2.05) is 16.8 Å². The van der Waals surface area contributed by atoms with Crippen LogP contribution in [0.3, 0.4) is 0 Å². The van der Waals surface area contributed by atoms with Crippen molar-refractivity contribution >= 4 is 21.9 Å². The zero-order valence-corrected chi connectivity index (χ0v) is 11.6. The molecule has 0 amide bonds. The highest BCUT2D eigenvalue weighted by Crippen LogP contribution is 2.27. The predicted octanol–water partition coefficient (Wildman–Crippen LogP) is 1.85. The Morgan fingerprint density at radius 3 is 3.15 bits per heavy atom. The van der Waals surface area contributed by atoms with Crippen LogP contribution in [0, 0.1) is 0 Å². The third-order valence-corrected chi connectivity index (χ3v) is 3.97. The van der Waals surface area contributed by atoms with Crippen LogP contribution >= 0.6 is 11.3 Å². The van der Waals surface area contributed by atoms with Gasteiger partial charge in [-0.1, -0.05) is 18.3 Å². The molecule has 0 atom stereocenters. The molecule has 0 fully saturated rings. The standard InChI is InChI=1S/C12H11N7S/c1-2-4-9-15-16-12-19(9)17-11(20-12)8-7-14-18-6-3-5-13-10(8)18/h3,5-7H,2,4H2,1H3. The lowest BCUT2D eigenvalue weighted by atomic mass is 10.3. The Kier molecular flexibility index (Phi) is 2.49. The van der Waals surface area contributed by atoms with Gasteiger partial charge in [-0.15, -0.1) is 10.2 Å². The minimum absolute atomic E-state index is 0.800. The second kappa shape index (κ2) is 4.34. The van der Waals surface area contributed by atoms with Crippen LogP contribution in [-0.4, -0.2) is 34.4 Å². The average Bonchev–Trinajstić information content (AvgIpc) is 3.13.